The fraction of sp³-hybridized carbons (Fsp3) is 0.348. The van der Waals surface area contributed by atoms with Gasteiger partial charge in [-0.05, 0) is 43.0 Å². The molecule has 2 aliphatic rings. The average Bonchev–Trinajstić information content (AvgIpc) is 3.18. The zero-order valence-corrected chi connectivity index (χ0v) is 17.4. The molecule has 1 atom stereocenters. The molecule has 1 N–H and O–H groups in total. The second-order valence-electron chi connectivity index (χ2n) is 8.07. The third-order valence-corrected chi connectivity index (χ3v) is 6.02. The van der Waals surface area contributed by atoms with E-state index >= 15 is 0 Å². The zero-order valence-electron chi connectivity index (χ0n) is 17.4. The van der Waals surface area contributed by atoms with Crippen LogP contribution in [-0.4, -0.2) is 51.4 Å². The summed E-state index contributed by atoms with van der Waals surface area (Å²) in [7, 11) is 0. The number of benzene rings is 2. The molecule has 32 heavy (non-hydrogen) atoms. The number of hydrogen-bond donors (Lipinski definition) is 1. The molecule has 2 aliphatic heterocycles. The summed E-state index contributed by atoms with van der Waals surface area (Å²) in [4.78, 5) is 27.0. The van der Waals surface area contributed by atoms with Gasteiger partial charge in [0.25, 0.3) is 5.91 Å². The molecule has 0 bridgehead atoms. The number of piperidine rings is 1. The molecule has 1 fully saturated rings. The van der Waals surface area contributed by atoms with Crippen molar-refractivity contribution in [2.24, 2.45) is 5.92 Å². The number of nitrogens with zero attached hydrogens (tertiary/aromatic N) is 3. The maximum absolute atomic E-state index is 14.2. The molecular formula is C23H23FN4O4. The molecule has 8 nitrogen and oxygen atoms in total. The lowest BCUT2D eigenvalue weighted by atomic mass is 9.93. The van der Waals surface area contributed by atoms with E-state index in [1.165, 1.54) is 10.6 Å². The third-order valence-electron chi connectivity index (χ3n) is 6.02. The minimum atomic E-state index is -0.654. The molecule has 3 aromatic rings. The van der Waals surface area contributed by atoms with Crippen molar-refractivity contribution < 1.29 is 18.7 Å². The Balaban J connectivity index is 1.22. The van der Waals surface area contributed by atoms with Gasteiger partial charge in [-0.25, -0.2) is 18.9 Å². The summed E-state index contributed by atoms with van der Waals surface area (Å²) in [6, 6.07) is 13.4. The van der Waals surface area contributed by atoms with Gasteiger partial charge in [0, 0.05) is 19.5 Å². The monoisotopic (exact) mass is 438 g/mol. The van der Waals surface area contributed by atoms with E-state index in [9.17, 15) is 14.0 Å². The molecule has 0 spiro atoms. The Kier molecular flexibility index (Phi) is 5.38. The van der Waals surface area contributed by atoms with Crippen molar-refractivity contribution in [2.75, 3.05) is 19.7 Å². The molecule has 1 aromatic heterocycles. The predicted molar refractivity (Wildman–Crippen MR) is 114 cm³/mol. The van der Waals surface area contributed by atoms with Gasteiger partial charge in [0.2, 0.25) is 6.10 Å². The summed E-state index contributed by atoms with van der Waals surface area (Å²) in [5.41, 5.74) is -0.281. The van der Waals surface area contributed by atoms with Crippen molar-refractivity contribution in [3.8, 4) is 17.2 Å². The first-order valence-electron chi connectivity index (χ1n) is 10.7. The first-order valence-corrected chi connectivity index (χ1v) is 10.7. The maximum atomic E-state index is 14.2. The SMILES string of the molecule is O=C(C1COc2ccccc2O1)N1CCC(Cc2n[nH]c(=O)n2-c2ccccc2F)CC1. The summed E-state index contributed by atoms with van der Waals surface area (Å²) >= 11 is 0. The number of para-hydroxylation sites is 3. The lowest BCUT2D eigenvalue weighted by molar-refractivity contribution is -0.142. The number of nitrogens with one attached hydrogen (secondary N) is 1. The highest BCUT2D eigenvalue weighted by molar-refractivity contribution is 5.82. The van der Waals surface area contributed by atoms with E-state index < -0.39 is 17.6 Å². The molecule has 0 aliphatic carbocycles. The topological polar surface area (TPSA) is 89.5 Å². The number of fused-ring (bicyclic) bond motifs is 1. The number of rotatable bonds is 4. The van der Waals surface area contributed by atoms with Gasteiger partial charge in [-0.1, -0.05) is 24.3 Å². The molecule has 0 saturated carbocycles. The minimum absolute atomic E-state index is 0.0824. The summed E-state index contributed by atoms with van der Waals surface area (Å²) < 4.78 is 27.0. The van der Waals surface area contributed by atoms with Gasteiger partial charge in [0.1, 0.15) is 18.2 Å². The molecular weight excluding hydrogens is 415 g/mol. The molecule has 9 heteroatoms. The molecule has 1 unspecified atom stereocenters. The quantitative estimate of drug-likeness (QED) is 0.675. The summed E-state index contributed by atoms with van der Waals surface area (Å²) in [5.74, 6) is 1.39. The Morgan fingerprint density at radius 1 is 1.09 bits per heavy atom. The van der Waals surface area contributed by atoms with Crippen LogP contribution in [-0.2, 0) is 11.2 Å². The number of aromatic amines is 1. The van der Waals surface area contributed by atoms with Gasteiger partial charge in [-0.15, -0.1) is 0 Å². The van der Waals surface area contributed by atoms with Crippen LogP contribution in [0.25, 0.3) is 5.69 Å². The van der Waals surface area contributed by atoms with Crippen molar-refractivity contribution in [2.45, 2.75) is 25.4 Å². The molecule has 1 saturated heterocycles. The van der Waals surface area contributed by atoms with Crippen LogP contribution < -0.4 is 15.2 Å². The highest BCUT2D eigenvalue weighted by Crippen LogP contribution is 2.32. The lowest BCUT2D eigenvalue weighted by Crippen LogP contribution is -2.49. The summed E-state index contributed by atoms with van der Waals surface area (Å²) in [6.45, 7) is 1.36. The van der Waals surface area contributed by atoms with Crippen LogP contribution in [0, 0.1) is 11.7 Å². The highest BCUT2D eigenvalue weighted by Gasteiger charge is 2.33. The van der Waals surface area contributed by atoms with E-state index in [4.69, 9.17) is 9.47 Å². The zero-order chi connectivity index (χ0) is 22.1. The first kappa shape index (κ1) is 20.3. The Hall–Kier alpha value is -3.62. The number of likely N-dealkylation sites (tertiary alicyclic amines) is 1. The van der Waals surface area contributed by atoms with Crippen LogP contribution >= 0.6 is 0 Å². The van der Waals surface area contributed by atoms with Crippen molar-refractivity contribution in [1.82, 2.24) is 19.7 Å². The maximum Gasteiger partial charge on any atom is 0.348 e. The number of aromatic nitrogens is 3. The normalized spacial score (nSPS) is 18.5. The van der Waals surface area contributed by atoms with Gasteiger partial charge < -0.3 is 14.4 Å². The van der Waals surface area contributed by atoms with Gasteiger partial charge in [-0.2, -0.15) is 5.10 Å². The largest absolute Gasteiger partial charge is 0.485 e. The second kappa shape index (κ2) is 8.49. The van der Waals surface area contributed by atoms with E-state index in [1.54, 1.807) is 29.2 Å². The summed E-state index contributed by atoms with van der Waals surface area (Å²) in [6.07, 6.45) is 1.38. The van der Waals surface area contributed by atoms with Crippen molar-refractivity contribution in [1.29, 1.82) is 0 Å². The second-order valence-corrected chi connectivity index (χ2v) is 8.07. The number of carbonyl (C=O) groups excluding carboxylic acids is 1. The van der Waals surface area contributed by atoms with Crippen LogP contribution in [0.4, 0.5) is 4.39 Å². The Bertz CT molecular complexity index is 1180. The third kappa shape index (κ3) is 3.86. The molecule has 2 aromatic carbocycles. The fourth-order valence-electron chi connectivity index (χ4n) is 4.31. The van der Waals surface area contributed by atoms with Crippen molar-refractivity contribution in [3.05, 3.63) is 70.7 Å². The Morgan fingerprint density at radius 3 is 2.59 bits per heavy atom. The average molecular weight is 438 g/mol. The smallest absolute Gasteiger partial charge is 0.348 e. The number of hydrogen-bond acceptors (Lipinski definition) is 5. The van der Waals surface area contributed by atoms with E-state index in [2.05, 4.69) is 10.2 Å². The van der Waals surface area contributed by atoms with Gasteiger partial charge >= 0.3 is 5.69 Å². The highest BCUT2D eigenvalue weighted by atomic mass is 19.1. The number of halogens is 1. The number of H-pyrrole nitrogens is 1. The van der Waals surface area contributed by atoms with Gasteiger partial charge in [0.05, 0.1) is 5.69 Å². The molecule has 5 rings (SSSR count). The fourth-order valence-corrected chi connectivity index (χ4v) is 4.31. The molecule has 166 valence electrons. The molecule has 1 amide bonds. The van der Waals surface area contributed by atoms with E-state index in [1.807, 2.05) is 18.2 Å². The van der Waals surface area contributed by atoms with Crippen molar-refractivity contribution >= 4 is 5.91 Å². The van der Waals surface area contributed by atoms with Crippen LogP contribution in [0.5, 0.6) is 11.5 Å². The first-order chi connectivity index (χ1) is 15.6. The van der Waals surface area contributed by atoms with E-state index in [0.717, 1.165) is 12.8 Å². The van der Waals surface area contributed by atoms with E-state index in [0.29, 0.717) is 36.8 Å². The number of carbonyl (C=O) groups is 1. The van der Waals surface area contributed by atoms with Gasteiger partial charge in [-0.3, -0.25) is 4.79 Å². The van der Waals surface area contributed by atoms with Crippen LogP contribution in [0.1, 0.15) is 18.7 Å². The van der Waals surface area contributed by atoms with Crippen molar-refractivity contribution in [3.63, 3.8) is 0 Å². The lowest BCUT2D eigenvalue weighted by Gasteiger charge is -2.35. The molecule has 3 heterocycles. The predicted octanol–water partition coefficient (Wildman–Crippen LogP) is 2.32. The number of amides is 1. The molecule has 0 radical (unpaired) electrons. The Labute approximate surface area is 183 Å². The summed E-state index contributed by atoms with van der Waals surface area (Å²) in [5, 5.41) is 6.54. The van der Waals surface area contributed by atoms with Crippen LogP contribution in [0.3, 0.4) is 0 Å². The van der Waals surface area contributed by atoms with E-state index in [-0.39, 0.29) is 24.1 Å². The van der Waals surface area contributed by atoms with Crippen LogP contribution in [0.2, 0.25) is 0 Å². The number of ether oxygens (including phenoxy) is 2. The van der Waals surface area contributed by atoms with Gasteiger partial charge in [0.15, 0.2) is 11.5 Å². The standard InChI is InChI=1S/C23H23FN4O4/c24-16-5-1-2-6-17(16)28-21(25-26-23(28)30)13-15-9-11-27(12-10-15)22(29)20-14-31-18-7-3-4-8-19(18)32-20/h1-8,15,20H,9-14H2,(H,26,30). The Morgan fingerprint density at radius 2 is 1.81 bits per heavy atom. The van der Waals surface area contributed by atoms with Crippen LogP contribution in [0.15, 0.2) is 53.3 Å². The minimum Gasteiger partial charge on any atom is -0.485 e.